The first-order chi connectivity index (χ1) is 19.0. The van der Waals surface area contributed by atoms with Crippen molar-refractivity contribution in [3.05, 3.63) is 54.5 Å². The predicted molar refractivity (Wildman–Crippen MR) is 155 cm³/mol. The van der Waals surface area contributed by atoms with E-state index >= 15 is 0 Å². The van der Waals surface area contributed by atoms with E-state index in [-0.39, 0.29) is 5.91 Å². The van der Waals surface area contributed by atoms with Crippen molar-refractivity contribution in [2.24, 2.45) is 0 Å². The summed E-state index contributed by atoms with van der Waals surface area (Å²) in [6.45, 7) is 7.90. The Morgan fingerprint density at radius 1 is 1.08 bits per heavy atom. The maximum absolute atomic E-state index is 13.7. The van der Waals surface area contributed by atoms with Crippen LogP contribution in [-0.4, -0.2) is 73.8 Å². The van der Waals surface area contributed by atoms with E-state index in [9.17, 15) is 4.79 Å². The van der Waals surface area contributed by atoms with Crippen LogP contribution in [0.2, 0.25) is 0 Å². The Kier molecular flexibility index (Phi) is 6.65. The number of benzene rings is 2. The molecule has 0 unspecified atom stereocenters. The van der Waals surface area contributed by atoms with Crippen LogP contribution in [0.4, 0.5) is 23.3 Å². The summed E-state index contributed by atoms with van der Waals surface area (Å²) in [6.07, 6.45) is 7.60. The standard InChI is InChI=1S/C28H34N10O/c1-4-20(5-2)38-9-8-29-28(38)34-27-32-23-15-21(25(16-24(23)33-27)37-12-10-36(3)11-13-37)26(39)31-19-7-6-18-17-30-35-22(18)14-19/h6-9,14-17,20H,4-5,10-13H2,1-3H3,(H,30,35)(H,31,39)(H2,29,32,33,34). The van der Waals surface area contributed by atoms with Crippen molar-refractivity contribution in [3.8, 4) is 0 Å². The molecule has 6 rings (SSSR count). The number of fused-ring (bicyclic) bond motifs is 2. The number of imidazole rings is 2. The largest absolute Gasteiger partial charge is 0.368 e. The summed E-state index contributed by atoms with van der Waals surface area (Å²) in [5, 5.41) is 14.5. The topological polar surface area (TPSA) is 123 Å². The molecule has 1 aliphatic heterocycles. The first-order valence-electron chi connectivity index (χ1n) is 13.5. The molecule has 5 aromatic rings. The minimum absolute atomic E-state index is 0.168. The molecule has 0 bridgehead atoms. The highest BCUT2D eigenvalue weighted by Crippen LogP contribution is 2.30. The molecule has 2 aromatic carbocycles. The number of carbonyl (C=O) groups is 1. The number of rotatable bonds is 8. The number of anilines is 4. The molecule has 1 fully saturated rings. The molecule has 11 heteroatoms. The van der Waals surface area contributed by atoms with Crippen molar-refractivity contribution in [3.63, 3.8) is 0 Å². The third-order valence-electron chi connectivity index (χ3n) is 7.62. The summed E-state index contributed by atoms with van der Waals surface area (Å²) in [5.41, 5.74) is 4.64. The van der Waals surface area contributed by atoms with Crippen molar-refractivity contribution < 1.29 is 4.79 Å². The van der Waals surface area contributed by atoms with Crippen molar-refractivity contribution >= 4 is 51.1 Å². The highest BCUT2D eigenvalue weighted by molar-refractivity contribution is 6.11. The average molecular weight is 527 g/mol. The van der Waals surface area contributed by atoms with E-state index in [1.54, 1.807) is 12.4 Å². The van der Waals surface area contributed by atoms with Crippen molar-refractivity contribution in [1.82, 2.24) is 34.6 Å². The number of likely N-dealkylation sites (N-methyl/N-ethyl adjacent to an activating group) is 1. The van der Waals surface area contributed by atoms with Gasteiger partial charge in [0.25, 0.3) is 5.91 Å². The van der Waals surface area contributed by atoms with Crippen LogP contribution in [0.15, 0.2) is 48.9 Å². The number of carbonyl (C=O) groups excluding carboxylic acids is 1. The zero-order valence-electron chi connectivity index (χ0n) is 22.5. The number of nitrogens with zero attached hydrogens (tertiary/aromatic N) is 6. The van der Waals surface area contributed by atoms with Crippen LogP contribution in [0.3, 0.4) is 0 Å². The van der Waals surface area contributed by atoms with Crippen LogP contribution in [0, 0.1) is 0 Å². The summed E-state index contributed by atoms with van der Waals surface area (Å²) in [5.74, 6) is 1.17. The first-order valence-corrected chi connectivity index (χ1v) is 13.5. The third kappa shape index (κ3) is 4.92. The lowest BCUT2D eigenvalue weighted by Crippen LogP contribution is -2.45. The number of hydrogen-bond acceptors (Lipinski definition) is 7. The number of amides is 1. The first kappa shape index (κ1) is 24.9. The van der Waals surface area contributed by atoms with E-state index < -0.39 is 0 Å². The molecule has 1 saturated heterocycles. The minimum atomic E-state index is -0.168. The monoisotopic (exact) mass is 526 g/mol. The van der Waals surface area contributed by atoms with Gasteiger partial charge in [0.2, 0.25) is 11.9 Å². The van der Waals surface area contributed by atoms with Crippen LogP contribution in [-0.2, 0) is 0 Å². The number of aromatic amines is 2. The summed E-state index contributed by atoms with van der Waals surface area (Å²) < 4.78 is 2.15. The van der Waals surface area contributed by atoms with Gasteiger partial charge < -0.3 is 24.7 Å². The smallest absolute Gasteiger partial charge is 0.257 e. The van der Waals surface area contributed by atoms with E-state index in [1.807, 2.05) is 36.5 Å². The van der Waals surface area contributed by atoms with E-state index in [1.165, 1.54) is 0 Å². The van der Waals surface area contributed by atoms with Gasteiger partial charge in [0.1, 0.15) is 0 Å². The number of aromatic nitrogens is 6. The second-order valence-corrected chi connectivity index (χ2v) is 10.1. The molecule has 1 aliphatic rings. The van der Waals surface area contributed by atoms with Crippen LogP contribution < -0.4 is 15.5 Å². The molecule has 0 spiro atoms. The fourth-order valence-electron chi connectivity index (χ4n) is 5.30. The highest BCUT2D eigenvalue weighted by Gasteiger charge is 2.23. The molecular weight excluding hydrogens is 492 g/mol. The van der Waals surface area contributed by atoms with Gasteiger partial charge in [0.15, 0.2) is 0 Å². The fourth-order valence-corrected chi connectivity index (χ4v) is 5.30. The SMILES string of the molecule is CCC(CC)n1ccnc1Nc1nc2cc(N3CCN(C)CC3)c(C(=O)Nc3ccc4cn[nH]c4c3)cc2[nH]1. The van der Waals surface area contributed by atoms with Gasteiger partial charge >= 0.3 is 0 Å². The number of piperazine rings is 1. The van der Waals surface area contributed by atoms with Gasteiger partial charge in [-0.2, -0.15) is 5.10 Å². The van der Waals surface area contributed by atoms with Crippen LogP contribution in [0.5, 0.6) is 0 Å². The zero-order valence-corrected chi connectivity index (χ0v) is 22.5. The molecule has 0 saturated carbocycles. The second-order valence-electron chi connectivity index (χ2n) is 10.1. The molecule has 3 aromatic heterocycles. The maximum Gasteiger partial charge on any atom is 0.257 e. The number of nitrogens with one attached hydrogen (secondary N) is 4. The Morgan fingerprint density at radius 3 is 2.69 bits per heavy atom. The van der Waals surface area contributed by atoms with Gasteiger partial charge in [-0.25, -0.2) is 9.97 Å². The lowest BCUT2D eigenvalue weighted by molar-refractivity contribution is 0.102. The van der Waals surface area contributed by atoms with E-state index in [4.69, 9.17) is 4.98 Å². The highest BCUT2D eigenvalue weighted by atomic mass is 16.1. The predicted octanol–water partition coefficient (Wildman–Crippen LogP) is 4.74. The molecule has 1 amide bonds. The molecule has 0 aliphatic carbocycles. The Balaban J connectivity index is 1.34. The second kappa shape index (κ2) is 10.4. The quantitative estimate of drug-likeness (QED) is 0.230. The number of hydrogen-bond donors (Lipinski definition) is 4. The molecule has 39 heavy (non-hydrogen) atoms. The third-order valence-corrected chi connectivity index (χ3v) is 7.62. The maximum atomic E-state index is 13.7. The van der Waals surface area contributed by atoms with Gasteiger partial charge in [0, 0.05) is 55.7 Å². The van der Waals surface area contributed by atoms with E-state index in [0.717, 1.165) is 72.6 Å². The zero-order chi connectivity index (χ0) is 26.9. The summed E-state index contributed by atoms with van der Waals surface area (Å²) in [6, 6.07) is 10.0. The van der Waals surface area contributed by atoms with Gasteiger partial charge in [0.05, 0.1) is 34.0 Å². The Morgan fingerprint density at radius 2 is 1.90 bits per heavy atom. The number of H-pyrrole nitrogens is 2. The minimum Gasteiger partial charge on any atom is -0.368 e. The van der Waals surface area contributed by atoms with Crippen LogP contribution in [0.25, 0.3) is 21.9 Å². The molecule has 202 valence electrons. The average Bonchev–Trinajstić information content (AvgIpc) is 3.69. The van der Waals surface area contributed by atoms with E-state index in [2.05, 4.69) is 66.1 Å². The Labute approximate surface area is 226 Å². The van der Waals surface area contributed by atoms with Gasteiger partial charge in [-0.1, -0.05) is 13.8 Å². The van der Waals surface area contributed by atoms with Crippen LogP contribution in [0.1, 0.15) is 43.1 Å². The van der Waals surface area contributed by atoms with Gasteiger partial charge in [-0.05, 0) is 50.2 Å². The molecule has 0 radical (unpaired) electrons. The molecule has 0 atom stereocenters. The van der Waals surface area contributed by atoms with Crippen LogP contribution >= 0.6 is 0 Å². The molecular formula is C28H34N10O. The fraction of sp³-hybridized carbons (Fsp3) is 0.357. The lowest BCUT2D eigenvalue weighted by Gasteiger charge is -2.35. The van der Waals surface area contributed by atoms with Gasteiger partial charge in [-0.3, -0.25) is 15.2 Å². The van der Waals surface area contributed by atoms with E-state index in [0.29, 0.717) is 23.2 Å². The summed E-state index contributed by atoms with van der Waals surface area (Å²) >= 11 is 0. The summed E-state index contributed by atoms with van der Waals surface area (Å²) in [4.78, 5) is 30.9. The Hall–Kier alpha value is -4.38. The van der Waals surface area contributed by atoms with Crippen molar-refractivity contribution in [2.75, 3.05) is 48.8 Å². The van der Waals surface area contributed by atoms with Crippen molar-refractivity contribution in [1.29, 1.82) is 0 Å². The summed E-state index contributed by atoms with van der Waals surface area (Å²) in [7, 11) is 2.12. The molecule has 4 heterocycles. The Bertz CT molecular complexity index is 1600. The lowest BCUT2D eigenvalue weighted by atomic mass is 10.1. The normalized spacial score (nSPS) is 14.5. The molecule has 4 N–H and O–H groups in total. The molecule has 11 nitrogen and oxygen atoms in total. The van der Waals surface area contributed by atoms with Crippen molar-refractivity contribution in [2.45, 2.75) is 32.7 Å². The van der Waals surface area contributed by atoms with Gasteiger partial charge in [-0.15, -0.1) is 0 Å².